The quantitative estimate of drug-likeness (QED) is 0.483. The Labute approximate surface area is 68.0 Å². The van der Waals surface area contributed by atoms with Crippen LogP contribution in [0.25, 0.3) is 0 Å². The summed E-state index contributed by atoms with van der Waals surface area (Å²) in [6.45, 7) is 7.42. The Hall–Kier alpha value is -1.05. The molecule has 0 aromatic rings. The van der Waals surface area contributed by atoms with E-state index in [2.05, 4.69) is 11.9 Å². The zero-order valence-electron chi connectivity index (χ0n) is 7.13. The summed E-state index contributed by atoms with van der Waals surface area (Å²) in [7, 11) is 0. The highest BCUT2D eigenvalue weighted by Crippen LogP contribution is 1.84. The van der Waals surface area contributed by atoms with Crippen LogP contribution in [-0.4, -0.2) is 11.9 Å². The molecule has 0 rings (SSSR count). The van der Waals surface area contributed by atoms with Gasteiger partial charge in [-0.25, -0.2) is 0 Å². The summed E-state index contributed by atoms with van der Waals surface area (Å²) in [5.74, 6) is -0.0562. The molecular weight excluding hydrogens is 138 g/mol. The number of carbonyl (C=O) groups excluding carboxylic acids is 1. The maximum absolute atomic E-state index is 10.9. The van der Waals surface area contributed by atoms with Gasteiger partial charge in [-0.15, -0.1) is 6.58 Å². The second-order valence-electron chi connectivity index (χ2n) is 2.34. The summed E-state index contributed by atoms with van der Waals surface area (Å²) in [5, 5.41) is 2.72. The first-order chi connectivity index (χ1) is 5.20. The van der Waals surface area contributed by atoms with E-state index in [1.165, 1.54) is 0 Å². The molecule has 0 fully saturated rings. The third-order valence-electron chi connectivity index (χ3n) is 1.23. The highest BCUT2D eigenvalue weighted by atomic mass is 16.1. The van der Waals surface area contributed by atoms with Crippen molar-refractivity contribution in [2.45, 2.75) is 26.3 Å². The van der Waals surface area contributed by atoms with Crippen LogP contribution < -0.4 is 5.32 Å². The number of hydrogen-bond acceptors (Lipinski definition) is 1. The van der Waals surface area contributed by atoms with Gasteiger partial charge in [0.2, 0.25) is 5.91 Å². The van der Waals surface area contributed by atoms with Crippen LogP contribution >= 0.6 is 0 Å². The van der Waals surface area contributed by atoms with Gasteiger partial charge in [0.15, 0.2) is 0 Å². The van der Waals surface area contributed by atoms with E-state index in [4.69, 9.17) is 0 Å². The van der Waals surface area contributed by atoms with E-state index in [-0.39, 0.29) is 11.9 Å². The first-order valence-corrected chi connectivity index (χ1v) is 3.80. The van der Waals surface area contributed by atoms with E-state index in [0.717, 1.165) is 6.42 Å². The van der Waals surface area contributed by atoms with Crippen molar-refractivity contribution in [3.05, 3.63) is 24.8 Å². The Morgan fingerprint density at radius 3 is 2.82 bits per heavy atom. The van der Waals surface area contributed by atoms with E-state index in [0.29, 0.717) is 0 Å². The number of allylic oxidation sites excluding steroid dienone is 1. The van der Waals surface area contributed by atoms with Gasteiger partial charge in [-0.3, -0.25) is 4.79 Å². The molecule has 11 heavy (non-hydrogen) atoms. The van der Waals surface area contributed by atoms with E-state index >= 15 is 0 Å². The lowest BCUT2D eigenvalue weighted by molar-refractivity contribution is -0.116. The average Bonchev–Trinajstić information content (AvgIpc) is 2.00. The molecule has 0 bridgehead atoms. The number of hydrogen-bond donors (Lipinski definition) is 1. The van der Waals surface area contributed by atoms with Crippen LogP contribution in [0.1, 0.15) is 20.3 Å². The molecule has 62 valence electrons. The molecule has 1 atom stereocenters. The van der Waals surface area contributed by atoms with Crippen molar-refractivity contribution in [1.29, 1.82) is 0 Å². The van der Waals surface area contributed by atoms with Crippen molar-refractivity contribution < 1.29 is 4.79 Å². The highest BCUT2D eigenvalue weighted by molar-refractivity contribution is 5.87. The van der Waals surface area contributed by atoms with Gasteiger partial charge in [0.05, 0.1) is 0 Å². The van der Waals surface area contributed by atoms with Crippen LogP contribution in [0.2, 0.25) is 0 Å². The molecule has 0 aliphatic heterocycles. The van der Waals surface area contributed by atoms with Crippen LogP contribution in [0.3, 0.4) is 0 Å². The second-order valence-corrected chi connectivity index (χ2v) is 2.34. The lowest BCUT2D eigenvalue weighted by Crippen LogP contribution is -2.29. The van der Waals surface area contributed by atoms with Gasteiger partial charge >= 0.3 is 0 Å². The van der Waals surface area contributed by atoms with E-state index in [1.54, 1.807) is 12.2 Å². The molecular formula is C9H15NO. The largest absolute Gasteiger partial charge is 0.347 e. The number of amides is 1. The van der Waals surface area contributed by atoms with Gasteiger partial charge < -0.3 is 5.32 Å². The minimum absolute atomic E-state index is 0.0454. The minimum Gasteiger partial charge on any atom is -0.347 e. The molecule has 2 nitrogen and oxygen atoms in total. The SMILES string of the molecule is C=CC(C)NC(=O)/C=C/CC. The van der Waals surface area contributed by atoms with Crippen LogP contribution in [0.4, 0.5) is 0 Å². The maximum Gasteiger partial charge on any atom is 0.244 e. The van der Waals surface area contributed by atoms with Gasteiger partial charge in [0.25, 0.3) is 0 Å². The first kappa shape index (κ1) is 9.95. The van der Waals surface area contributed by atoms with Gasteiger partial charge in [-0.2, -0.15) is 0 Å². The monoisotopic (exact) mass is 153 g/mol. The molecule has 0 spiro atoms. The molecule has 0 aliphatic rings. The van der Waals surface area contributed by atoms with Crippen LogP contribution in [-0.2, 0) is 4.79 Å². The third-order valence-corrected chi connectivity index (χ3v) is 1.23. The predicted octanol–water partition coefficient (Wildman–Crippen LogP) is 1.64. The molecule has 0 aromatic carbocycles. The molecule has 1 amide bonds. The number of carbonyl (C=O) groups is 1. The van der Waals surface area contributed by atoms with Crippen molar-refractivity contribution in [2.75, 3.05) is 0 Å². The second kappa shape index (κ2) is 5.71. The fourth-order valence-electron chi connectivity index (χ4n) is 0.556. The topological polar surface area (TPSA) is 29.1 Å². The van der Waals surface area contributed by atoms with Gasteiger partial charge in [0.1, 0.15) is 0 Å². The molecule has 1 unspecified atom stereocenters. The van der Waals surface area contributed by atoms with Crippen molar-refractivity contribution in [3.63, 3.8) is 0 Å². The van der Waals surface area contributed by atoms with Gasteiger partial charge in [-0.1, -0.05) is 19.1 Å². The normalized spacial score (nSPS) is 12.9. The molecule has 0 aromatic heterocycles. The van der Waals surface area contributed by atoms with Crippen molar-refractivity contribution in [3.8, 4) is 0 Å². The Morgan fingerprint density at radius 1 is 1.73 bits per heavy atom. The highest BCUT2D eigenvalue weighted by Gasteiger charge is 1.97. The summed E-state index contributed by atoms with van der Waals surface area (Å²) in [5.41, 5.74) is 0. The summed E-state index contributed by atoms with van der Waals surface area (Å²) in [6, 6.07) is 0.0454. The average molecular weight is 153 g/mol. The van der Waals surface area contributed by atoms with Crippen molar-refractivity contribution in [2.24, 2.45) is 0 Å². The molecule has 1 N–H and O–H groups in total. The molecule has 0 radical (unpaired) electrons. The summed E-state index contributed by atoms with van der Waals surface area (Å²) < 4.78 is 0. The molecule has 0 saturated heterocycles. The Morgan fingerprint density at radius 2 is 2.36 bits per heavy atom. The maximum atomic E-state index is 10.9. The first-order valence-electron chi connectivity index (χ1n) is 3.80. The van der Waals surface area contributed by atoms with Crippen LogP contribution in [0, 0.1) is 0 Å². The molecule has 2 heteroatoms. The zero-order chi connectivity index (χ0) is 8.69. The fraction of sp³-hybridized carbons (Fsp3) is 0.444. The summed E-state index contributed by atoms with van der Waals surface area (Å²) >= 11 is 0. The van der Waals surface area contributed by atoms with Crippen LogP contribution in [0.5, 0.6) is 0 Å². The standard InChI is InChI=1S/C9H15NO/c1-4-6-7-9(11)10-8(3)5-2/h5-8H,2,4H2,1,3H3,(H,10,11)/b7-6+. The molecule has 0 heterocycles. The number of rotatable bonds is 4. The van der Waals surface area contributed by atoms with E-state index in [1.807, 2.05) is 19.9 Å². The Kier molecular flexibility index (Phi) is 5.17. The Balaban J connectivity index is 3.68. The Bertz CT molecular complexity index is 161. The van der Waals surface area contributed by atoms with E-state index < -0.39 is 0 Å². The minimum atomic E-state index is -0.0562. The molecule has 0 saturated carbocycles. The van der Waals surface area contributed by atoms with Crippen molar-refractivity contribution in [1.82, 2.24) is 5.32 Å². The predicted molar refractivity (Wildman–Crippen MR) is 47.2 cm³/mol. The van der Waals surface area contributed by atoms with Gasteiger partial charge in [-0.05, 0) is 19.4 Å². The lowest BCUT2D eigenvalue weighted by atomic mass is 10.3. The van der Waals surface area contributed by atoms with Crippen LogP contribution in [0.15, 0.2) is 24.8 Å². The van der Waals surface area contributed by atoms with Crippen molar-refractivity contribution >= 4 is 5.91 Å². The third kappa shape index (κ3) is 5.40. The fourth-order valence-corrected chi connectivity index (χ4v) is 0.556. The summed E-state index contributed by atoms with van der Waals surface area (Å²) in [4.78, 5) is 10.9. The molecule has 0 aliphatic carbocycles. The lowest BCUT2D eigenvalue weighted by Gasteiger charge is -2.05. The number of nitrogens with one attached hydrogen (secondary N) is 1. The zero-order valence-corrected chi connectivity index (χ0v) is 7.13. The van der Waals surface area contributed by atoms with E-state index in [9.17, 15) is 4.79 Å². The van der Waals surface area contributed by atoms with Gasteiger partial charge in [0, 0.05) is 6.04 Å². The smallest absolute Gasteiger partial charge is 0.244 e. The summed E-state index contributed by atoms with van der Waals surface area (Å²) in [6.07, 6.45) is 5.94.